The Kier molecular flexibility index (Phi) is 1.23. The van der Waals surface area contributed by atoms with Crippen molar-refractivity contribution in [1.29, 1.82) is 0 Å². The number of nitrogens with two attached hydrogens (primary N) is 1. The fraction of sp³-hybridized carbons (Fsp3) is 0.333. The van der Waals surface area contributed by atoms with Crippen LogP contribution in [0.5, 0.6) is 0 Å². The van der Waals surface area contributed by atoms with Gasteiger partial charge in [0.25, 0.3) is 0 Å². The molecule has 6 nitrogen and oxygen atoms in total. The van der Waals surface area contributed by atoms with Crippen LogP contribution < -0.4 is 11.2 Å². The number of hydrogen-bond donors (Lipinski definition) is 2. The maximum Gasteiger partial charge on any atom is 0.363 e. The third-order valence-electron chi connectivity index (χ3n) is 0.760. The van der Waals surface area contributed by atoms with Crippen molar-refractivity contribution in [3.05, 3.63) is 0 Å². The van der Waals surface area contributed by atoms with Crippen molar-refractivity contribution in [2.75, 3.05) is 6.54 Å². The summed E-state index contributed by atoms with van der Waals surface area (Å²) in [7, 11) is 0. The minimum atomic E-state index is -0.833. The number of hydrogen-bond acceptors (Lipinski definition) is 4. The van der Waals surface area contributed by atoms with Gasteiger partial charge < -0.3 is 10.6 Å². The second-order valence-electron chi connectivity index (χ2n) is 1.43. The average molecular weight is 131 g/mol. The normalized spacial score (nSPS) is 17.8. The zero-order valence-electron chi connectivity index (χ0n) is 4.46. The van der Waals surface area contributed by atoms with Crippen molar-refractivity contribution >= 4 is 12.0 Å². The van der Waals surface area contributed by atoms with Gasteiger partial charge in [-0.05, 0) is 0 Å². The van der Waals surface area contributed by atoms with Crippen LogP contribution in [0.2, 0.25) is 0 Å². The molecule has 3 N–H and O–H groups in total. The first-order valence-electron chi connectivity index (χ1n) is 2.24. The number of urea groups is 1. The summed E-state index contributed by atoms with van der Waals surface area (Å²) in [6.07, 6.45) is 0. The summed E-state index contributed by atoms with van der Waals surface area (Å²) in [5.41, 5.74) is 7.00. The van der Waals surface area contributed by atoms with Crippen molar-refractivity contribution in [2.45, 2.75) is 0 Å². The molecule has 9 heavy (non-hydrogen) atoms. The van der Waals surface area contributed by atoms with Gasteiger partial charge >= 0.3 is 12.0 Å². The monoisotopic (exact) mass is 131 g/mol. The number of carbonyl (C=O) groups is 2. The molecule has 1 aliphatic rings. The van der Waals surface area contributed by atoms with E-state index in [1.54, 1.807) is 0 Å². The van der Waals surface area contributed by atoms with E-state index in [2.05, 4.69) is 10.3 Å². The van der Waals surface area contributed by atoms with E-state index >= 15 is 0 Å². The predicted octanol–water partition coefficient (Wildman–Crippen LogP) is -1.66. The van der Waals surface area contributed by atoms with E-state index in [1.807, 2.05) is 0 Å². The summed E-state index contributed by atoms with van der Waals surface area (Å²) in [5, 5.41) is 0.586. The molecule has 0 atom stereocenters. The van der Waals surface area contributed by atoms with Crippen LogP contribution in [0, 0.1) is 0 Å². The Morgan fingerprint density at radius 1 is 1.89 bits per heavy atom. The summed E-state index contributed by atoms with van der Waals surface area (Å²) in [5.74, 6) is -0.520. The maximum atomic E-state index is 10.2. The number of hydroxylamine groups is 1. The fourth-order valence-corrected chi connectivity index (χ4v) is 0.426. The van der Waals surface area contributed by atoms with Gasteiger partial charge in [0.1, 0.15) is 6.54 Å². The molecular weight excluding hydrogens is 126 g/mol. The molecule has 2 amide bonds. The average Bonchev–Trinajstić information content (AvgIpc) is 2.14. The second-order valence-corrected chi connectivity index (χ2v) is 1.43. The Balaban J connectivity index is 2.48. The van der Waals surface area contributed by atoms with E-state index in [-0.39, 0.29) is 6.54 Å². The number of carbonyl (C=O) groups excluding carboxylic acids is 2. The molecule has 0 radical (unpaired) electrons. The molecule has 50 valence electrons. The Labute approximate surface area is 50.5 Å². The molecular formula is C3H5N3O3. The molecule has 0 saturated carbocycles. The van der Waals surface area contributed by atoms with Crippen molar-refractivity contribution in [2.24, 2.45) is 5.73 Å². The van der Waals surface area contributed by atoms with Gasteiger partial charge in [-0.15, -0.1) is 0 Å². The van der Waals surface area contributed by atoms with Crippen molar-refractivity contribution in [3.8, 4) is 0 Å². The lowest BCUT2D eigenvalue weighted by Gasteiger charge is -2.06. The van der Waals surface area contributed by atoms with E-state index in [4.69, 9.17) is 5.73 Å². The largest absolute Gasteiger partial charge is 0.363 e. The van der Waals surface area contributed by atoms with E-state index in [9.17, 15) is 9.59 Å². The van der Waals surface area contributed by atoms with Crippen LogP contribution in [-0.2, 0) is 9.63 Å². The maximum absolute atomic E-state index is 10.2. The van der Waals surface area contributed by atoms with Crippen LogP contribution in [0.1, 0.15) is 0 Å². The van der Waals surface area contributed by atoms with E-state index in [0.717, 1.165) is 0 Å². The molecule has 0 bridgehead atoms. The Bertz CT molecular complexity index is 156. The van der Waals surface area contributed by atoms with Gasteiger partial charge in [-0.2, -0.15) is 5.43 Å². The first-order valence-corrected chi connectivity index (χ1v) is 2.24. The Morgan fingerprint density at radius 3 is 2.78 bits per heavy atom. The molecule has 0 unspecified atom stereocenters. The lowest BCUT2D eigenvalue weighted by atomic mass is 10.7. The number of amides is 2. The summed E-state index contributed by atoms with van der Waals surface area (Å²) in [6, 6.07) is -0.833. The van der Waals surface area contributed by atoms with Crippen molar-refractivity contribution in [3.63, 3.8) is 0 Å². The van der Waals surface area contributed by atoms with Gasteiger partial charge in [0, 0.05) is 0 Å². The lowest BCUT2D eigenvalue weighted by Crippen LogP contribution is -2.39. The molecule has 6 heteroatoms. The number of rotatable bonds is 0. The molecule has 0 aromatic carbocycles. The minimum Gasteiger partial charge on any atom is -0.348 e. The molecule has 1 aliphatic heterocycles. The number of nitrogens with zero attached hydrogens (tertiary/aromatic N) is 1. The Hall–Kier alpha value is -1.30. The van der Waals surface area contributed by atoms with Gasteiger partial charge in [-0.25, -0.2) is 9.59 Å². The molecule has 1 fully saturated rings. The zero-order valence-corrected chi connectivity index (χ0v) is 4.46. The highest BCUT2D eigenvalue weighted by Gasteiger charge is 2.23. The standard InChI is InChI=1S/C3H5N3O3/c4-3(8)6-5-1-2(7)9-6/h5H,1H2,(H2,4,8). The van der Waals surface area contributed by atoms with Crippen LogP contribution in [0.4, 0.5) is 4.79 Å². The van der Waals surface area contributed by atoms with Gasteiger partial charge in [0.15, 0.2) is 0 Å². The molecule has 0 spiro atoms. The number of nitrogens with one attached hydrogen (secondary N) is 1. The van der Waals surface area contributed by atoms with Gasteiger partial charge in [-0.3, -0.25) is 0 Å². The van der Waals surface area contributed by atoms with Gasteiger partial charge in [-0.1, -0.05) is 5.17 Å². The fourth-order valence-electron chi connectivity index (χ4n) is 0.426. The van der Waals surface area contributed by atoms with Crippen LogP contribution in [-0.4, -0.2) is 23.7 Å². The van der Waals surface area contributed by atoms with Crippen LogP contribution in [0.3, 0.4) is 0 Å². The van der Waals surface area contributed by atoms with Crippen LogP contribution in [0.25, 0.3) is 0 Å². The molecule has 1 rings (SSSR count). The Morgan fingerprint density at radius 2 is 2.56 bits per heavy atom. The summed E-state index contributed by atoms with van der Waals surface area (Å²) < 4.78 is 0. The molecule has 0 aliphatic carbocycles. The summed E-state index contributed by atoms with van der Waals surface area (Å²) >= 11 is 0. The van der Waals surface area contributed by atoms with E-state index in [1.165, 1.54) is 0 Å². The topological polar surface area (TPSA) is 84.7 Å². The third-order valence-corrected chi connectivity index (χ3v) is 0.760. The highest BCUT2D eigenvalue weighted by Crippen LogP contribution is 1.92. The van der Waals surface area contributed by atoms with Crippen LogP contribution >= 0.6 is 0 Å². The van der Waals surface area contributed by atoms with Crippen LogP contribution in [0.15, 0.2) is 0 Å². The quantitative estimate of drug-likeness (QED) is 0.412. The SMILES string of the molecule is NC(=O)N1NCC(=O)O1. The zero-order chi connectivity index (χ0) is 6.85. The molecule has 0 aromatic heterocycles. The molecule has 1 heterocycles. The lowest BCUT2D eigenvalue weighted by molar-refractivity contribution is -0.163. The molecule has 0 aromatic rings. The second kappa shape index (κ2) is 1.90. The van der Waals surface area contributed by atoms with E-state index in [0.29, 0.717) is 5.17 Å². The number of primary amides is 1. The summed E-state index contributed by atoms with van der Waals surface area (Å²) in [6.45, 7) is -0.0110. The van der Waals surface area contributed by atoms with Crippen molar-refractivity contribution in [1.82, 2.24) is 10.6 Å². The van der Waals surface area contributed by atoms with Gasteiger partial charge in [0.05, 0.1) is 0 Å². The summed E-state index contributed by atoms with van der Waals surface area (Å²) in [4.78, 5) is 24.6. The minimum absolute atomic E-state index is 0.0110. The molecule has 1 saturated heterocycles. The van der Waals surface area contributed by atoms with E-state index < -0.39 is 12.0 Å². The smallest absolute Gasteiger partial charge is 0.348 e. The highest BCUT2D eigenvalue weighted by molar-refractivity contribution is 5.78. The number of hydrazine groups is 1. The first-order chi connectivity index (χ1) is 4.20. The van der Waals surface area contributed by atoms with Gasteiger partial charge in [0.2, 0.25) is 0 Å². The van der Waals surface area contributed by atoms with Crippen molar-refractivity contribution < 1.29 is 14.4 Å². The first kappa shape index (κ1) is 5.83. The highest BCUT2D eigenvalue weighted by atomic mass is 16.8. The predicted molar refractivity (Wildman–Crippen MR) is 25.5 cm³/mol. The third kappa shape index (κ3) is 1.08.